The first-order valence-corrected chi connectivity index (χ1v) is 4.25. The molecule has 0 saturated heterocycles. The minimum Gasteiger partial charge on any atom is -0.312 e. The van der Waals surface area contributed by atoms with Crippen LogP contribution in [0.15, 0.2) is 5.10 Å². The Kier molecular flexibility index (Phi) is 2.99. The summed E-state index contributed by atoms with van der Waals surface area (Å²) in [6, 6.07) is 0. The summed E-state index contributed by atoms with van der Waals surface area (Å²) in [7, 11) is 0. The maximum absolute atomic E-state index is 11.1. The van der Waals surface area contributed by atoms with E-state index in [4.69, 9.17) is 12.2 Å². The predicted molar refractivity (Wildman–Crippen MR) is 54.5 cm³/mol. The zero-order valence-corrected chi connectivity index (χ0v) is 8.41. The fraction of sp³-hybridized carbons (Fsp3) is 0.333. The largest absolute Gasteiger partial charge is 0.312 e. The molecule has 0 aromatic rings. The summed E-state index contributed by atoms with van der Waals surface area (Å²) in [5.74, 6) is -1.20. The Morgan fingerprint density at radius 2 is 2.38 bits per heavy atom. The Balaban J connectivity index is 2.79. The molecule has 2 amide bonds. The molecule has 0 aliphatic carbocycles. The van der Waals surface area contributed by atoms with Gasteiger partial charge in [0, 0.05) is 6.92 Å². The molecule has 0 saturated carbocycles. The topological polar surface area (TPSA) is 70.6 Å². The van der Waals surface area contributed by atoms with E-state index in [1.165, 1.54) is 6.92 Å². The normalized spacial score (nSPS) is 20.6. The summed E-state index contributed by atoms with van der Waals surface area (Å²) in [4.78, 5) is 21.8. The molecule has 0 bridgehead atoms. The maximum atomic E-state index is 11.1. The number of hydrogen-bond donors (Lipinski definition) is 3. The van der Waals surface area contributed by atoms with Gasteiger partial charge in [0.2, 0.25) is 5.91 Å². The van der Waals surface area contributed by atoms with E-state index in [2.05, 4.69) is 28.5 Å². The fourth-order valence-corrected chi connectivity index (χ4v) is 1.34. The molecule has 1 heterocycles. The molecule has 5 nitrogen and oxygen atoms in total. The molecule has 70 valence electrons. The molecule has 1 atom stereocenters. The number of amidine groups is 1. The Bertz CT molecular complexity index is 313. The zero-order chi connectivity index (χ0) is 10.0. The number of hydrogen-bond acceptors (Lipinski definition) is 4. The first kappa shape index (κ1) is 10.1. The average Bonchev–Trinajstić information content (AvgIpc) is 2.30. The highest BCUT2D eigenvalue weighted by Gasteiger charge is 2.32. The summed E-state index contributed by atoms with van der Waals surface area (Å²) in [5.41, 5.74) is 2.20. The van der Waals surface area contributed by atoms with E-state index >= 15 is 0 Å². The van der Waals surface area contributed by atoms with Crippen LogP contribution in [0.1, 0.15) is 6.92 Å². The lowest BCUT2D eigenvalue weighted by Crippen LogP contribution is -2.37. The molecule has 0 fully saturated rings. The second kappa shape index (κ2) is 3.84. The van der Waals surface area contributed by atoms with Crippen molar-refractivity contribution in [3.63, 3.8) is 0 Å². The zero-order valence-electron chi connectivity index (χ0n) is 6.70. The van der Waals surface area contributed by atoms with Crippen LogP contribution in [0.25, 0.3) is 0 Å². The Hall–Kier alpha value is -0.950. The highest BCUT2D eigenvalue weighted by molar-refractivity contribution is 8.11. The van der Waals surface area contributed by atoms with Gasteiger partial charge in [0.25, 0.3) is 5.91 Å². The minimum absolute atomic E-state index is 0.183. The van der Waals surface area contributed by atoms with E-state index < -0.39 is 5.92 Å². The number of amides is 2. The first-order chi connectivity index (χ1) is 6.02. The molecular formula is C6H7N3O2S2. The van der Waals surface area contributed by atoms with Gasteiger partial charge in [-0.05, 0) is 0 Å². The van der Waals surface area contributed by atoms with Gasteiger partial charge in [-0.1, -0.05) is 12.2 Å². The smallest absolute Gasteiger partial charge is 0.256 e. The van der Waals surface area contributed by atoms with Crippen molar-refractivity contribution in [3.05, 3.63) is 0 Å². The van der Waals surface area contributed by atoms with Crippen LogP contribution in [-0.4, -0.2) is 21.8 Å². The second-order valence-corrected chi connectivity index (χ2v) is 3.65. The molecule has 13 heavy (non-hydrogen) atoms. The monoisotopic (exact) mass is 217 g/mol. The van der Waals surface area contributed by atoms with Gasteiger partial charge in [0.15, 0.2) is 0 Å². The van der Waals surface area contributed by atoms with Crippen LogP contribution in [0.3, 0.4) is 0 Å². The third-order valence-electron chi connectivity index (χ3n) is 1.37. The van der Waals surface area contributed by atoms with Crippen LogP contribution in [0.5, 0.6) is 0 Å². The summed E-state index contributed by atoms with van der Waals surface area (Å²) in [6.07, 6.45) is 0. The number of thiol groups is 1. The van der Waals surface area contributed by atoms with Gasteiger partial charge < -0.3 is 5.32 Å². The maximum Gasteiger partial charge on any atom is 0.256 e. The van der Waals surface area contributed by atoms with Crippen LogP contribution in [0.4, 0.5) is 0 Å². The highest BCUT2D eigenvalue weighted by Crippen LogP contribution is 2.10. The molecular weight excluding hydrogens is 210 g/mol. The first-order valence-electron chi connectivity index (χ1n) is 3.40. The van der Waals surface area contributed by atoms with Gasteiger partial charge in [-0.3, -0.25) is 9.59 Å². The molecule has 1 unspecified atom stereocenters. The van der Waals surface area contributed by atoms with Crippen LogP contribution < -0.4 is 10.7 Å². The molecule has 0 aromatic heterocycles. The minimum atomic E-state index is -0.734. The van der Waals surface area contributed by atoms with Gasteiger partial charge in [0.05, 0.1) is 4.20 Å². The second-order valence-electron chi connectivity index (χ2n) is 2.43. The number of hydrazone groups is 1. The number of rotatable bonds is 1. The van der Waals surface area contributed by atoms with Crippen molar-refractivity contribution in [3.8, 4) is 0 Å². The molecule has 0 spiro atoms. The molecule has 0 aromatic carbocycles. The van der Waals surface area contributed by atoms with Gasteiger partial charge in [-0.25, -0.2) is 5.43 Å². The van der Waals surface area contributed by atoms with Crippen molar-refractivity contribution in [2.24, 2.45) is 11.0 Å². The molecule has 7 heteroatoms. The summed E-state index contributed by atoms with van der Waals surface area (Å²) < 4.78 is 0.183. The van der Waals surface area contributed by atoms with Gasteiger partial charge in [0.1, 0.15) is 11.8 Å². The number of carbonyl (C=O) groups excluding carboxylic acids is 2. The summed E-state index contributed by atoms with van der Waals surface area (Å²) in [6.45, 7) is 1.32. The van der Waals surface area contributed by atoms with Crippen molar-refractivity contribution in [1.82, 2.24) is 10.7 Å². The third kappa shape index (κ3) is 2.25. The quantitative estimate of drug-likeness (QED) is 0.407. The highest BCUT2D eigenvalue weighted by atomic mass is 32.1. The standard InChI is InChI=1S/C6H7N3O2S2/c1-2(10)7-4-3(6(12)13)5(11)9-8-4/h3H,1H3,(H,9,11)(H,12,13)(H,7,8,10). The van der Waals surface area contributed by atoms with E-state index in [9.17, 15) is 9.59 Å². The number of thiocarbonyl (C=S) groups is 1. The van der Waals surface area contributed by atoms with Gasteiger partial charge >= 0.3 is 0 Å². The Morgan fingerprint density at radius 3 is 2.85 bits per heavy atom. The Labute approximate surface area is 85.4 Å². The van der Waals surface area contributed by atoms with Crippen molar-refractivity contribution < 1.29 is 9.59 Å². The van der Waals surface area contributed by atoms with Crippen molar-refractivity contribution >= 4 is 46.7 Å². The number of nitrogens with zero attached hydrogens (tertiary/aromatic N) is 1. The fourth-order valence-electron chi connectivity index (χ4n) is 0.878. The van der Waals surface area contributed by atoms with Crippen LogP contribution in [0.2, 0.25) is 0 Å². The van der Waals surface area contributed by atoms with Crippen LogP contribution in [0, 0.1) is 5.92 Å². The summed E-state index contributed by atoms with van der Waals surface area (Å²) in [5, 5.41) is 6.00. The van der Waals surface area contributed by atoms with Crippen LogP contribution >= 0.6 is 24.8 Å². The van der Waals surface area contributed by atoms with Gasteiger partial charge in [-0.2, -0.15) is 5.10 Å². The Morgan fingerprint density at radius 1 is 1.77 bits per heavy atom. The lowest BCUT2D eigenvalue weighted by molar-refractivity contribution is -0.120. The van der Waals surface area contributed by atoms with Crippen molar-refractivity contribution in [1.29, 1.82) is 0 Å². The molecule has 1 aliphatic heterocycles. The molecule has 1 rings (SSSR count). The van der Waals surface area contributed by atoms with E-state index in [0.717, 1.165) is 0 Å². The lowest BCUT2D eigenvalue weighted by atomic mass is 10.1. The predicted octanol–water partition coefficient (Wildman–Crippen LogP) is -0.561. The molecule has 2 N–H and O–H groups in total. The SMILES string of the molecule is CC(=O)NC1=NNC(=O)C1C(=S)S. The van der Waals surface area contributed by atoms with E-state index in [1.807, 2.05) is 0 Å². The van der Waals surface area contributed by atoms with Crippen molar-refractivity contribution in [2.75, 3.05) is 0 Å². The third-order valence-corrected chi connectivity index (χ3v) is 1.87. The van der Waals surface area contributed by atoms with Crippen LogP contribution in [-0.2, 0) is 9.59 Å². The van der Waals surface area contributed by atoms with Crippen molar-refractivity contribution in [2.45, 2.75) is 6.92 Å². The average molecular weight is 217 g/mol. The number of carbonyl (C=O) groups is 2. The molecule has 1 aliphatic rings. The van der Waals surface area contributed by atoms with Gasteiger partial charge in [-0.15, -0.1) is 12.6 Å². The lowest BCUT2D eigenvalue weighted by Gasteiger charge is -2.07. The van der Waals surface area contributed by atoms with E-state index in [-0.39, 0.29) is 21.8 Å². The molecule has 0 radical (unpaired) electrons. The summed E-state index contributed by atoms with van der Waals surface area (Å²) >= 11 is 8.61. The number of nitrogens with one attached hydrogen (secondary N) is 2. The van der Waals surface area contributed by atoms with E-state index in [0.29, 0.717) is 0 Å². The van der Waals surface area contributed by atoms with E-state index in [1.54, 1.807) is 0 Å².